The summed E-state index contributed by atoms with van der Waals surface area (Å²) in [7, 11) is 0. The molecule has 0 saturated heterocycles. The number of nitriles is 1. The number of aryl methyl sites for hydroxylation is 1. The summed E-state index contributed by atoms with van der Waals surface area (Å²) in [5.74, 6) is -0.0459. The molecule has 0 unspecified atom stereocenters. The highest BCUT2D eigenvalue weighted by molar-refractivity contribution is 6.30. The van der Waals surface area contributed by atoms with Gasteiger partial charge in [0.05, 0.1) is 0 Å². The van der Waals surface area contributed by atoms with E-state index in [0.717, 1.165) is 11.3 Å². The quantitative estimate of drug-likeness (QED) is 0.646. The van der Waals surface area contributed by atoms with Crippen LogP contribution in [0.3, 0.4) is 0 Å². The molecule has 0 aliphatic heterocycles. The van der Waals surface area contributed by atoms with Gasteiger partial charge in [-0.3, -0.25) is 4.79 Å². The lowest BCUT2D eigenvalue weighted by Crippen LogP contribution is -2.28. The second-order valence-electron chi connectivity index (χ2n) is 4.88. The zero-order chi connectivity index (χ0) is 15.1. The molecule has 0 radical (unpaired) electrons. The van der Waals surface area contributed by atoms with Crippen LogP contribution < -0.4 is 10.6 Å². The van der Waals surface area contributed by atoms with Gasteiger partial charge in [-0.25, -0.2) is 0 Å². The molecule has 20 heavy (non-hydrogen) atoms. The van der Waals surface area contributed by atoms with Crippen molar-refractivity contribution in [2.45, 2.75) is 20.8 Å². The standard InChI is InChI=1S/C15H18ClN3O/c1-10(2)8-19-15(20)12(7-17)9-18-14-6-13(16)5-4-11(14)3/h4-6,9-10,18H,8H2,1-3H3,(H,19,20)/b12-9-. The van der Waals surface area contributed by atoms with Gasteiger partial charge in [0.2, 0.25) is 0 Å². The molecule has 106 valence electrons. The van der Waals surface area contributed by atoms with Gasteiger partial charge in [-0.05, 0) is 30.5 Å². The van der Waals surface area contributed by atoms with Gasteiger partial charge < -0.3 is 10.6 Å². The molecule has 1 aromatic carbocycles. The van der Waals surface area contributed by atoms with Crippen molar-refractivity contribution in [1.29, 1.82) is 5.26 Å². The van der Waals surface area contributed by atoms with Crippen molar-refractivity contribution >= 4 is 23.2 Å². The summed E-state index contributed by atoms with van der Waals surface area (Å²) in [6.45, 7) is 6.43. The highest BCUT2D eigenvalue weighted by Crippen LogP contribution is 2.20. The van der Waals surface area contributed by atoms with Gasteiger partial charge >= 0.3 is 0 Å². The van der Waals surface area contributed by atoms with Gasteiger partial charge in [-0.15, -0.1) is 0 Å². The summed E-state index contributed by atoms with van der Waals surface area (Å²) in [6, 6.07) is 7.28. The van der Waals surface area contributed by atoms with Gasteiger partial charge in [-0.1, -0.05) is 31.5 Å². The number of nitrogens with one attached hydrogen (secondary N) is 2. The summed E-state index contributed by atoms with van der Waals surface area (Å²) in [6.07, 6.45) is 1.40. The van der Waals surface area contributed by atoms with Crippen LogP contribution in [0.2, 0.25) is 5.02 Å². The zero-order valence-corrected chi connectivity index (χ0v) is 12.6. The van der Waals surface area contributed by atoms with E-state index in [4.69, 9.17) is 16.9 Å². The molecule has 1 amide bonds. The largest absolute Gasteiger partial charge is 0.360 e. The van der Waals surface area contributed by atoms with Crippen molar-refractivity contribution in [2.24, 2.45) is 5.92 Å². The van der Waals surface area contributed by atoms with Crippen LogP contribution in [0.4, 0.5) is 5.69 Å². The third-order valence-corrected chi connectivity index (χ3v) is 2.84. The Bertz CT molecular complexity index is 559. The lowest BCUT2D eigenvalue weighted by Gasteiger charge is -2.08. The number of halogens is 1. The fourth-order valence-corrected chi connectivity index (χ4v) is 1.61. The van der Waals surface area contributed by atoms with E-state index in [1.807, 2.05) is 32.9 Å². The molecule has 0 saturated carbocycles. The van der Waals surface area contributed by atoms with Crippen LogP contribution in [-0.2, 0) is 4.79 Å². The first kappa shape index (κ1) is 16.1. The Hall–Kier alpha value is -1.99. The minimum atomic E-state index is -0.381. The second-order valence-corrected chi connectivity index (χ2v) is 5.31. The molecule has 0 aromatic heterocycles. The molecule has 2 N–H and O–H groups in total. The van der Waals surface area contributed by atoms with Gasteiger partial charge in [-0.2, -0.15) is 5.26 Å². The van der Waals surface area contributed by atoms with E-state index >= 15 is 0 Å². The van der Waals surface area contributed by atoms with Gasteiger partial charge in [0.15, 0.2) is 0 Å². The summed E-state index contributed by atoms with van der Waals surface area (Å²) >= 11 is 5.91. The van der Waals surface area contributed by atoms with Crippen molar-refractivity contribution in [3.05, 3.63) is 40.6 Å². The monoisotopic (exact) mass is 291 g/mol. The number of anilines is 1. The average molecular weight is 292 g/mol. The molecule has 1 rings (SSSR count). The summed E-state index contributed by atoms with van der Waals surface area (Å²) in [5, 5.41) is 15.3. The average Bonchev–Trinajstić information content (AvgIpc) is 2.40. The predicted molar refractivity (Wildman–Crippen MR) is 81.4 cm³/mol. The normalized spacial score (nSPS) is 11.1. The summed E-state index contributed by atoms with van der Waals surface area (Å²) in [5.41, 5.74) is 1.78. The Morgan fingerprint density at radius 1 is 1.50 bits per heavy atom. The third-order valence-electron chi connectivity index (χ3n) is 2.61. The van der Waals surface area contributed by atoms with Crippen molar-refractivity contribution < 1.29 is 4.79 Å². The Kier molecular flexibility index (Phi) is 6.08. The molecule has 0 spiro atoms. The van der Waals surface area contributed by atoms with Crippen LogP contribution in [0.25, 0.3) is 0 Å². The van der Waals surface area contributed by atoms with Crippen LogP contribution in [0, 0.1) is 24.2 Å². The smallest absolute Gasteiger partial charge is 0.263 e. The Balaban J connectivity index is 2.78. The van der Waals surface area contributed by atoms with Gasteiger partial charge in [0, 0.05) is 23.5 Å². The minimum Gasteiger partial charge on any atom is -0.360 e. The summed E-state index contributed by atoms with van der Waals surface area (Å²) in [4.78, 5) is 11.8. The highest BCUT2D eigenvalue weighted by Gasteiger charge is 2.09. The van der Waals surface area contributed by atoms with Crippen LogP contribution in [0.15, 0.2) is 30.0 Å². The first-order chi connectivity index (χ1) is 9.43. The molecule has 0 aliphatic carbocycles. The Morgan fingerprint density at radius 2 is 2.20 bits per heavy atom. The van der Waals surface area contributed by atoms with Crippen molar-refractivity contribution in [3.8, 4) is 6.07 Å². The number of carbonyl (C=O) groups is 1. The Labute approximate surface area is 124 Å². The predicted octanol–water partition coefficient (Wildman–Crippen LogP) is 3.24. The van der Waals surface area contributed by atoms with Crippen molar-refractivity contribution in [1.82, 2.24) is 5.32 Å². The maximum Gasteiger partial charge on any atom is 0.263 e. The molecule has 0 fully saturated rings. The molecule has 1 aromatic rings. The number of benzene rings is 1. The molecule has 4 nitrogen and oxygen atoms in total. The third kappa shape index (κ3) is 4.94. The van der Waals surface area contributed by atoms with E-state index in [-0.39, 0.29) is 11.5 Å². The number of carbonyl (C=O) groups excluding carboxylic acids is 1. The number of hydrogen-bond acceptors (Lipinski definition) is 3. The maximum absolute atomic E-state index is 11.8. The topological polar surface area (TPSA) is 64.9 Å². The minimum absolute atomic E-state index is 0.0324. The molecule has 0 heterocycles. The molecule has 5 heteroatoms. The van der Waals surface area contributed by atoms with E-state index in [1.54, 1.807) is 12.1 Å². The van der Waals surface area contributed by atoms with Crippen molar-refractivity contribution in [2.75, 3.05) is 11.9 Å². The molecular formula is C15H18ClN3O. The fourth-order valence-electron chi connectivity index (χ4n) is 1.44. The Morgan fingerprint density at radius 3 is 2.80 bits per heavy atom. The second kappa shape index (κ2) is 7.56. The maximum atomic E-state index is 11.8. The van der Waals surface area contributed by atoms with Crippen LogP contribution in [0.5, 0.6) is 0 Å². The number of nitrogens with zero attached hydrogens (tertiary/aromatic N) is 1. The molecule has 0 atom stereocenters. The molecule has 0 bridgehead atoms. The molecule has 0 aliphatic rings. The van der Waals surface area contributed by atoms with E-state index in [0.29, 0.717) is 17.5 Å². The van der Waals surface area contributed by atoms with E-state index < -0.39 is 0 Å². The first-order valence-electron chi connectivity index (χ1n) is 6.35. The first-order valence-corrected chi connectivity index (χ1v) is 6.73. The van der Waals surface area contributed by atoms with E-state index in [9.17, 15) is 4.79 Å². The molecular weight excluding hydrogens is 274 g/mol. The lowest BCUT2D eigenvalue weighted by atomic mass is 10.2. The van der Waals surface area contributed by atoms with Crippen LogP contribution in [0.1, 0.15) is 19.4 Å². The van der Waals surface area contributed by atoms with Gasteiger partial charge in [0.25, 0.3) is 5.91 Å². The summed E-state index contributed by atoms with van der Waals surface area (Å²) < 4.78 is 0. The zero-order valence-electron chi connectivity index (χ0n) is 11.8. The number of rotatable bonds is 5. The van der Waals surface area contributed by atoms with Crippen LogP contribution >= 0.6 is 11.6 Å². The van der Waals surface area contributed by atoms with E-state index in [1.165, 1.54) is 6.20 Å². The highest BCUT2D eigenvalue weighted by atomic mass is 35.5. The number of hydrogen-bond donors (Lipinski definition) is 2. The lowest BCUT2D eigenvalue weighted by molar-refractivity contribution is -0.117. The van der Waals surface area contributed by atoms with Crippen molar-refractivity contribution in [3.63, 3.8) is 0 Å². The number of amides is 1. The SMILES string of the molecule is Cc1ccc(Cl)cc1N/C=C(/C#N)C(=O)NCC(C)C. The van der Waals surface area contributed by atoms with Gasteiger partial charge in [0.1, 0.15) is 11.6 Å². The van der Waals surface area contributed by atoms with Crippen LogP contribution in [-0.4, -0.2) is 12.5 Å². The van der Waals surface area contributed by atoms with E-state index in [2.05, 4.69) is 10.6 Å². The fraction of sp³-hybridized carbons (Fsp3) is 0.333.